The van der Waals surface area contributed by atoms with E-state index in [9.17, 15) is 4.79 Å². The number of carbonyl (C=O) groups excluding carboxylic acids is 1. The van der Waals surface area contributed by atoms with Gasteiger partial charge in [0.2, 0.25) is 0 Å². The smallest absolute Gasteiger partial charge is 0.265 e. The van der Waals surface area contributed by atoms with Crippen LogP contribution in [0.4, 0.5) is 11.5 Å². The fourth-order valence-electron chi connectivity index (χ4n) is 3.37. The number of anilines is 2. The highest BCUT2D eigenvalue weighted by Crippen LogP contribution is 2.35. The first-order chi connectivity index (χ1) is 14.1. The van der Waals surface area contributed by atoms with Crippen molar-refractivity contribution in [2.75, 3.05) is 43.8 Å². The van der Waals surface area contributed by atoms with Crippen molar-refractivity contribution in [2.45, 2.75) is 18.0 Å². The van der Waals surface area contributed by atoms with E-state index in [1.165, 1.54) is 23.1 Å². The van der Waals surface area contributed by atoms with Gasteiger partial charge in [-0.15, -0.1) is 11.3 Å². The molecule has 3 aromatic rings. The molecular weight excluding hydrogens is 408 g/mol. The second-order valence-corrected chi connectivity index (χ2v) is 8.39. The number of thioether (sulfide) groups is 1. The molecule has 1 aliphatic rings. The van der Waals surface area contributed by atoms with Gasteiger partial charge in [-0.3, -0.25) is 4.79 Å². The number of carbonyl (C=O) groups is 1. The number of thiophene rings is 1. The zero-order chi connectivity index (χ0) is 20.4. The molecule has 0 bridgehead atoms. The van der Waals surface area contributed by atoms with Gasteiger partial charge in [0.1, 0.15) is 10.6 Å². The van der Waals surface area contributed by atoms with Crippen LogP contribution in [-0.2, 0) is 0 Å². The Morgan fingerprint density at radius 3 is 2.59 bits per heavy atom. The molecule has 1 amide bonds. The molecule has 2 aromatic heterocycles. The van der Waals surface area contributed by atoms with Crippen LogP contribution < -0.4 is 19.7 Å². The Morgan fingerprint density at radius 2 is 1.90 bits per heavy atom. The maximum atomic E-state index is 12.9. The third kappa shape index (κ3) is 3.97. The molecule has 1 fully saturated rings. The summed E-state index contributed by atoms with van der Waals surface area (Å²) in [5.74, 6) is 1.92. The summed E-state index contributed by atoms with van der Waals surface area (Å²) in [6, 6.07) is 7.19. The van der Waals surface area contributed by atoms with Gasteiger partial charge in [-0.05, 0) is 37.3 Å². The first kappa shape index (κ1) is 19.8. The lowest BCUT2D eigenvalue weighted by atomic mass is 10.2. The molecule has 1 saturated heterocycles. The molecule has 1 aromatic carbocycles. The van der Waals surface area contributed by atoms with Crippen LogP contribution in [0, 0.1) is 0 Å². The second-order valence-electron chi connectivity index (χ2n) is 6.58. The summed E-state index contributed by atoms with van der Waals surface area (Å²) in [5, 5.41) is 4.60. The van der Waals surface area contributed by atoms with Gasteiger partial charge in [0.25, 0.3) is 5.91 Å². The molecule has 0 saturated carbocycles. The molecule has 1 N–H and O–H groups in total. The average Bonchev–Trinajstić information content (AvgIpc) is 3.42. The minimum Gasteiger partial charge on any atom is -0.493 e. The summed E-state index contributed by atoms with van der Waals surface area (Å²) in [6.07, 6.45) is 4.29. The summed E-state index contributed by atoms with van der Waals surface area (Å²) in [5.41, 5.74) is 0.640. The van der Waals surface area contributed by atoms with Gasteiger partial charge in [-0.1, -0.05) is 11.8 Å². The Hall–Kier alpha value is -2.52. The van der Waals surface area contributed by atoms with E-state index in [0.717, 1.165) is 47.1 Å². The maximum absolute atomic E-state index is 12.9. The molecule has 4 rings (SSSR count). The van der Waals surface area contributed by atoms with Crippen molar-refractivity contribution in [1.82, 2.24) is 9.97 Å². The maximum Gasteiger partial charge on any atom is 0.265 e. The fraction of sp³-hybridized carbons (Fsp3) is 0.350. The third-order valence-electron chi connectivity index (χ3n) is 4.81. The van der Waals surface area contributed by atoms with E-state index in [1.54, 1.807) is 32.4 Å². The average molecular weight is 431 g/mol. The number of amides is 1. The number of rotatable bonds is 6. The third-order valence-corrected chi connectivity index (χ3v) is 6.38. The molecule has 0 spiro atoms. The minimum atomic E-state index is -0.182. The Labute approximate surface area is 177 Å². The summed E-state index contributed by atoms with van der Waals surface area (Å²) >= 11 is 2.90. The van der Waals surface area contributed by atoms with E-state index in [4.69, 9.17) is 14.5 Å². The van der Waals surface area contributed by atoms with Crippen LogP contribution >= 0.6 is 23.1 Å². The summed E-state index contributed by atoms with van der Waals surface area (Å²) in [6.45, 7) is 1.98. The van der Waals surface area contributed by atoms with Gasteiger partial charge < -0.3 is 19.7 Å². The van der Waals surface area contributed by atoms with Gasteiger partial charge in [0, 0.05) is 24.8 Å². The van der Waals surface area contributed by atoms with Gasteiger partial charge in [-0.2, -0.15) is 0 Å². The first-order valence-corrected chi connectivity index (χ1v) is 11.3. The van der Waals surface area contributed by atoms with Crippen molar-refractivity contribution in [3.05, 3.63) is 29.1 Å². The van der Waals surface area contributed by atoms with E-state index in [-0.39, 0.29) is 5.91 Å². The number of fused-ring (bicyclic) bond motifs is 1. The van der Waals surface area contributed by atoms with Crippen molar-refractivity contribution in [3.63, 3.8) is 0 Å². The van der Waals surface area contributed by atoms with Crippen LogP contribution in [0.25, 0.3) is 10.2 Å². The highest BCUT2D eigenvalue weighted by Gasteiger charge is 2.21. The van der Waals surface area contributed by atoms with E-state index in [2.05, 4.69) is 15.2 Å². The molecule has 0 radical (unpaired) electrons. The standard InChI is InChI=1S/C20H22N4O3S2/c1-26-14-7-6-12(10-15(14)27-2)21-18(25)16-11-13-17(24-8-4-5-9-24)22-20(28-3)23-19(13)29-16/h6-7,10-11H,4-5,8-9H2,1-3H3,(H,21,25). The van der Waals surface area contributed by atoms with Crippen LogP contribution in [0.15, 0.2) is 29.4 Å². The fourth-order valence-corrected chi connectivity index (χ4v) is 4.71. The van der Waals surface area contributed by atoms with Crippen LogP contribution in [0.1, 0.15) is 22.5 Å². The van der Waals surface area contributed by atoms with Gasteiger partial charge >= 0.3 is 0 Å². The second kappa shape index (κ2) is 8.46. The molecule has 0 atom stereocenters. The summed E-state index contributed by atoms with van der Waals surface area (Å²) in [4.78, 5) is 25.9. The quantitative estimate of drug-likeness (QED) is 0.462. The molecule has 3 heterocycles. The van der Waals surface area contributed by atoms with E-state index >= 15 is 0 Å². The van der Waals surface area contributed by atoms with Crippen molar-refractivity contribution < 1.29 is 14.3 Å². The SMILES string of the molecule is COc1ccc(NC(=O)c2cc3c(N4CCCC4)nc(SC)nc3s2)cc1OC. The van der Waals surface area contributed by atoms with E-state index in [0.29, 0.717) is 22.1 Å². The topological polar surface area (TPSA) is 76.6 Å². The zero-order valence-corrected chi connectivity index (χ0v) is 18.2. The van der Waals surface area contributed by atoms with Crippen molar-refractivity contribution in [1.29, 1.82) is 0 Å². The monoisotopic (exact) mass is 430 g/mol. The van der Waals surface area contributed by atoms with Crippen molar-refractivity contribution >= 4 is 50.7 Å². The van der Waals surface area contributed by atoms with E-state index < -0.39 is 0 Å². The molecule has 0 unspecified atom stereocenters. The number of methoxy groups -OCH3 is 2. The number of hydrogen-bond donors (Lipinski definition) is 1. The zero-order valence-electron chi connectivity index (χ0n) is 16.5. The normalized spacial score (nSPS) is 13.7. The van der Waals surface area contributed by atoms with E-state index in [1.807, 2.05) is 12.3 Å². The summed E-state index contributed by atoms with van der Waals surface area (Å²) < 4.78 is 10.6. The Balaban J connectivity index is 1.65. The highest BCUT2D eigenvalue weighted by molar-refractivity contribution is 7.98. The summed E-state index contributed by atoms with van der Waals surface area (Å²) in [7, 11) is 3.15. The molecule has 0 aliphatic carbocycles. The lowest BCUT2D eigenvalue weighted by molar-refractivity contribution is 0.103. The lowest BCUT2D eigenvalue weighted by Crippen LogP contribution is -2.19. The molecule has 7 nitrogen and oxygen atoms in total. The molecular formula is C20H22N4O3S2. The minimum absolute atomic E-state index is 0.182. The predicted octanol–water partition coefficient (Wildman–Crippen LogP) is 4.28. The van der Waals surface area contributed by atoms with Gasteiger partial charge in [-0.25, -0.2) is 9.97 Å². The van der Waals surface area contributed by atoms with Crippen molar-refractivity contribution in [2.24, 2.45) is 0 Å². The van der Waals surface area contributed by atoms with Crippen molar-refractivity contribution in [3.8, 4) is 11.5 Å². The van der Waals surface area contributed by atoms with Crippen LogP contribution in [0.5, 0.6) is 11.5 Å². The van der Waals surface area contributed by atoms with Crippen LogP contribution in [0.3, 0.4) is 0 Å². The van der Waals surface area contributed by atoms with Crippen LogP contribution in [0.2, 0.25) is 0 Å². The molecule has 29 heavy (non-hydrogen) atoms. The largest absolute Gasteiger partial charge is 0.493 e. The number of benzene rings is 1. The van der Waals surface area contributed by atoms with Gasteiger partial charge in [0.15, 0.2) is 16.7 Å². The number of ether oxygens (including phenoxy) is 2. The van der Waals surface area contributed by atoms with Crippen LogP contribution in [-0.4, -0.2) is 49.4 Å². The Morgan fingerprint density at radius 1 is 1.14 bits per heavy atom. The Bertz CT molecular complexity index is 1050. The number of aromatic nitrogens is 2. The number of hydrogen-bond acceptors (Lipinski definition) is 8. The molecule has 1 aliphatic heterocycles. The Kier molecular flexibility index (Phi) is 5.77. The first-order valence-electron chi connectivity index (χ1n) is 9.27. The predicted molar refractivity (Wildman–Crippen MR) is 118 cm³/mol. The number of nitrogens with zero attached hydrogens (tertiary/aromatic N) is 3. The van der Waals surface area contributed by atoms with Gasteiger partial charge in [0.05, 0.1) is 24.5 Å². The molecule has 9 heteroatoms. The molecule has 152 valence electrons. The highest BCUT2D eigenvalue weighted by atomic mass is 32.2. The lowest BCUT2D eigenvalue weighted by Gasteiger charge is -2.17. The number of nitrogens with one attached hydrogen (secondary N) is 1.